The van der Waals surface area contributed by atoms with Crippen LogP contribution in [0.2, 0.25) is 0 Å². The van der Waals surface area contributed by atoms with E-state index in [0.717, 1.165) is 13.0 Å². The Kier molecular flexibility index (Phi) is 2.94. The lowest BCUT2D eigenvalue weighted by atomic mass is 9.83. The Morgan fingerprint density at radius 3 is 2.75 bits per heavy atom. The van der Waals surface area contributed by atoms with Gasteiger partial charge in [0.1, 0.15) is 0 Å². The van der Waals surface area contributed by atoms with Crippen molar-refractivity contribution in [1.29, 1.82) is 0 Å². The van der Waals surface area contributed by atoms with Gasteiger partial charge in [-0.1, -0.05) is 26.0 Å². The first kappa shape index (κ1) is 11.5. The molecular weight excluding hydrogens is 196 g/mol. The first-order chi connectivity index (χ1) is 7.54. The standard InChI is InChI=1S/C14H22N2/c1-5-15-14(3)9-13(10-14)16(4)12-7-6-11(2)8-12/h6-9,11,15H,5,10H2,1-4H3. The molecule has 0 aromatic carbocycles. The predicted molar refractivity (Wildman–Crippen MR) is 68.9 cm³/mol. The topological polar surface area (TPSA) is 15.3 Å². The predicted octanol–water partition coefficient (Wildman–Crippen LogP) is 2.66. The maximum atomic E-state index is 3.50. The Bertz CT molecular complexity index is 365. The van der Waals surface area contributed by atoms with Crippen LogP contribution < -0.4 is 5.32 Å². The fraction of sp³-hybridized carbons (Fsp3) is 0.571. The van der Waals surface area contributed by atoms with Gasteiger partial charge in [-0.2, -0.15) is 0 Å². The molecule has 1 N–H and O–H groups in total. The smallest absolute Gasteiger partial charge is 0.0410 e. The fourth-order valence-electron chi connectivity index (χ4n) is 2.47. The van der Waals surface area contributed by atoms with Crippen molar-refractivity contribution in [2.24, 2.45) is 5.92 Å². The van der Waals surface area contributed by atoms with E-state index in [4.69, 9.17) is 0 Å². The van der Waals surface area contributed by atoms with Crippen molar-refractivity contribution in [2.75, 3.05) is 13.6 Å². The zero-order valence-electron chi connectivity index (χ0n) is 10.7. The molecule has 0 bridgehead atoms. The molecule has 2 heteroatoms. The van der Waals surface area contributed by atoms with E-state index >= 15 is 0 Å². The highest BCUT2D eigenvalue weighted by Gasteiger charge is 2.33. The van der Waals surface area contributed by atoms with E-state index < -0.39 is 0 Å². The second kappa shape index (κ2) is 4.10. The van der Waals surface area contributed by atoms with Gasteiger partial charge < -0.3 is 10.2 Å². The number of nitrogens with one attached hydrogen (secondary N) is 1. The summed E-state index contributed by atoms with van der Waals surface area (Å²) in [6.45, 7) is 7.67. The number of hydrogen-bond acceptors (Lipinski definition) is 2. The Labute approximate surface area is 98.7 Å². The zero-order valence-corrected chi connectivity index (χ0v) is 10.7. The molecule has 0 radical (unpaired) electrons. The van der Waals surface area contributed by atoms with Crippen LogP contribution in [0.1, 0.15) is 27.2 Å². The van der Waals surface area contributed by atoms with E-state index in [0.29, 0.717) is 5.92 Å². The molecule has 0 saturated carbocycles. The highest BCUT2D eigenvalue weighted by Crippen LogP contribution is 2.34. The second-order valence-electron chi connectivity index (χ2n) is 5.13. The van der Waals surface area contributed by atoms with Crippen LogP contribution in [0.25, 0.3) is 0 Å². The summed E-state index contributed by atoms with van der Waals surface area (Å²) >= 11 is 0. The lowest BCUT2D eigenvalue weighted by Crippen LogP contribution is -2.48. The highest BCUT2D eigenvalue weighted by molar-refractivity contribution is 5.35. The molecule has 2 atom stereocenters. The Hall–Kier alpha value is -1.02. The molecule has 2 unspecified atom stereocenters. The highest BCUT2D eigenvalue weighted by atomic mass is 15.1. The van der Waals surface area contributed by atoms with Gasteiger partial charge in [-0.25, -0.2) is 0 Å². The minimum absolute atomic E-state index is 0.215. The summed E-state index contributed by atoms with van der Waals surface area (Å²) in [5.41, 5.74) is 2.97. The van der Waals surface area contributed by atoms with Gasteiger partial charge in [0.05, 0.1) is 0 Å². The van der Waals surface area contributed by atoms with E-state index in [2.05, 4.69) is 62.3 Å². The molecule has 0 aliphatic heterocycles. The SMILES string of the molecule is CCNC1(C)C=C(N(C)C2=CC(C)C=C2)C1. The van der Waals surface area contributed by atoms with Crippen molar-refractivity contribution in [3.63, 3.8) is 0 Å². The van der Waals surface area contributed by atoms with Crippen molar-refractivity contribution in [3.8, 4) is 0 Å². The molecule has 88 valence electrons. The average molecular weight is 218 g/mol. The normalized spacial score (nSPS) is 32.1. The lowest BCUT2D eigenvalue weighted by Gasteiger charge is -2.41. The van der Waals surface area contributed by atoms with E-state index in [1.165, 1.54) is 11.4 Å². The first-order valence-electron chi connectivity index (χ1n) is 6.14. The number of nitrogens with zero attached hydrogens (tertiary/aromatic N) is 1. The van der Waals surface area contributed by atoms with Gasteiger partial charge in [0.2, 0.25) is 0 Å². The summed E-state index contributed by atoms with van der Waals surface area (Å²) in [5.74, 6) is 0.582. The maximum Gasteiger partial charge on any atom is 0.0410 e. The van der Waals surface area contributed by atoms with Crippen LogP contribution in [0.15, 0.2) is 35.7 Å². The van der Waals surface area contributed by atoms with Crippen LogP contribution in [0.4, 0.5) is 0 Å². The number of likely N-dealkylation sites (N-methyl/N-ethyl adjacent to an activating group) is 2. The maximum absolute atomic E-state index is 3.50. The average Bonchev–Trinajstić information content (AvgIpc) is 2.60. The quantitative estimate of drug-likeness (QED) is 0.780. The summed E-state index contributed by atoms with van der Waals surface area (Å²) in [6, 6.07) is 0. The summed E-state index contributed by atoms with van der Waals surface area (Å²) in [6.07, 6.45) is 10.2. The molecule has 0 amide bonds. The molecular formula is C14H22N2. The van der Waals surface area contributed by atoms with Crippen LogP contribution in [0.3, 0.4) is 0 Å². The Morgan fingerprint density at radius 1 is 1.56 bits per heavy atom. The first-order valence-corrected chi connectivity index (χ1v) is 6.14. The molecule has 0 spiro atoms. The minimum atomic E-state index is 0.215. The zero-order chi connectivity index (χ0) is 11.8. The third kappa shape index (κ3) is 2.07. The van der Waals surface area contributed by atoms with Crippen molar-refractivity contribution in [2.45, 2.75) is 32.7 Å². The summed E-state index contributed by atoms with van der Waals surface area (Å²) in [7, 11) is 2.16. The molecule has 2 aliphatic carbocycles. The molecule has 2 rings (SSSR count). The monoisotopic (exact) mass is 218 g/mol. The van der Waals surface area contributed by atoms with Crippen molar-refractivity contribution < 1.29 is 0 Å². The van der Waals surface area contributed by atoms with Gasteiger partial charge in [-0.3, -0.25) is 0 Å². The minimum Gasteiger partial charge on any atom is -0.349 e. The summed E-state index contributed by atoms with van der Waals surface area (Å²) < 4.78 is 0. The third-order valence-electron chi connectivity index (χ3n) is 3.44. The summed E-state index contributed by atoms with van der Waals surface area (Å²) in [4.78, 5) is 2.30. The van der Waals surface area contributed by atoms with Crippen molar-refractivity contribution in [1.82, 2.24) is 10.2 Å². The van der Waals surface area contributed by atoms with Gasteiger partial charge in [0, 0.05) is 30.4 Å². The molecule has 2 aliphatic rings. The van der Waals surface area contributed by atoms with Crippen molar-refractivity contribution >= 4 is 0 Å². The largest absolute Gasteiger partial charge is 0.349 e. The van der Waals surface area contributed by atoms with Crippen LogP contribution in [-0.2, 0) is 0 Å². The molecule has 0 aromatic heterocycles. The van der Waals surface area contributed by atoms with Crippen molar-refractivity contribution in [3.05, 3.63) is 35.7 Å². The van der Waals surface area contributed by atoms with Gasteiger partial charge in [0.15, 0.2) is 0 Å². The van der Waals surface area contributed by atoms with E-state index in [9.17, 15) is 0 Å². The molecule has 0 fully saturated rings. The fourth-order valence-corrected chi connectivity index (χ4v) is 2.47. The molecule has 0 heterocycles. The number of rotatable bonds is 4. The van der Waals surface area contributed by atoms with E-state index in [1.807, 2.05) is 0 Å². The summed E-state index contributed by atoms with van der Waals surface area (Å²) in [5, 5.41) is 3.50. The van der Waals surface area contributed by atoms with Gasteiger partial charge in [-0.05, 0) is 31.5 Å². The van der Waals surface area contributed by atoms with Gasteiger partial charge in [0.25, 0.3) is 0 Å². The van der Waals surface area contributed by atoms with Gasteiger partial charge in [-0.15, -0.1) is 0 Å². The van der Waals surface area contributed by atoms with Crippen LogP contribution in [0, 0.1) is 5.92 Å². The molecule has 16 heavy (non-hydrogen) atoms. The van der Waals surface area contributed by atoms with Crippen LogP contribution in [-0.4, -0.2) is 24.0 Å². The molecule has 0 aromatic rings. The Morgan fingerprint density at radius 2 is 2.25 bits per heavy atom. The number of hydrogen-bond donors (Lipinski definition) is 1. The molecule has 0 saturated heterocycles. The van der Waals surface area contributed by atoms with Crippen LogP contribution in [0.5, 0.6) is 0 Å². The van der Waals surface area contributed by atoms with Crippen LogP contribution >= 0.6 is 0 Å². The Balaban J connectivity index is 2.02. The lowest BCUT2D eigenvalue weighted by molar-refractivity contribution is 0.337. The van der Waals surface area contributed by atoms with E-state index in [-0.39, 0.29) is 5.54 Å². The van der Waals surface area contributed by atoms with E-state index in [1.54, 1.807) is 0 Å². The third-order valence-corrected chi connectivity index (χ3v) is 3.44. The molecule has 2 nitrogen and oxygen atoms in total. The second-order valence-corrected chi connectivity index (χ2v) is 5.13. The van der Waals surface area contributed by atoms with Gasteiger partial charge >= 0.3 is 0 Å². The number of allylic oxidation sites excluding steroid dienone is 3.